The molecule has 0 aliphatic rings. The van der Waals surface area contributed by atoms with Crippen LogP contribution in [0.4, 0.5) is 18.9 Å². The molecule has 3 nitrogen and oxygen atoms in total. The second-order valence-electron chi connectivity index (χ2n) is 5.60. The lowest BCUT2D eigenvalue weighted by Gasteiger charge is -2.17. The number of hydrogen-bond acceptors (Lipinski definition) is 2. The Morgan fingerprint density at radius 1 is 1.12 bits per heavy atom. The fraction of sp³-hybridized carbons (Fsp3) is 0.278. The number of nitrogens with one attached hydrogen (secondary N) is 1. The van der Waals surface area contributed by atoms with Crippen molar-refractivity contribution in [2.45, 2.75) is 33.1 Å². The van der Waals surface area contributed by atoms with Crippen LogP contribution in [0.2, 0.25) is 0 Å². The Labute approximate surface area is 138 Å². The maximum atomic E-state index is 12.7. The number of carbonyl (C=O) groups is 1. The number of anilines is 1. The van der Waals surface area contributed by atoms with E-state index >= 15 is 0 Å². The van der Waals surface area contributed by atoms with E-state index in [-0.39, 0.29) is 5.69 Å². The van der Waals surface area contributed by atoms with Crippen molar-refractivity contribution in [3.05, 3.63) is 59.2 Å². The molecule has 0 aromatic heterocycles. The summed E-state index contributed by atoms with van der Waals surface area (Å²) in [6, 6.07) is 10.1. The largest absolute Gasteiger partial charge is 0.481 e. The van der Waals surface area contributed by atoms with Crippen LogP contribution in [0.1, 0.15) is 23.6 Å². The second kappa shape index (κ2) is 6.95. The van der Waals surface area contributed by atoms with Crippen molar-refractivity contribution >= 4 is 11.6 Å². The van der Waals surface area contributed by atoms with Crippen molar-refractivity contribution in [1.29, 1.82) is 0 Å². The van der Waals surface area contributed by atoms with Gasteiger partial charge in [-0.05, 0) is 56.2 Å². The fourth-order valence-electron chi connectivity index (χ4n) is 2.10. The summed E-state index contributed by atoms with van der Waals surface area (Å²) < 4.78 is 43.7. The maximum absolute atomic E-state index is 12.7. The van der Waals surface area contributed by atoms with E-state index in [1.807, 2.05) is 32.0 Å². The first-order valence-corrected chi connectivity index (χ1v) is 7.39. The van der Waals surface area contributed by atoms with E-state index in [4.69, 9.17) is 4.74 Å². The Hall–Kier alpha value is -2.50. The van der Waals surface area contributed by atoms with Gasteiger partial charge in [0.1, 0.15) is 5.75 Å². The lowest BCUT2D eigenvalue weighted by atomic mass is 10.1. The number of alkyl halides is 3. The summed E-state index contributed by atoms with van der Waals surface area (Å²) in [6.45, 7) is 5.30. The predicted molar refractivity (Wildman–Crippen MR) is 86.1 cm³/mol. The number of ether oxygens (including phenoxy) is 1. The molecule has 24 heavy (non-hydrogen) atoms. The third-order valence-electron chi connectivity index (χ3n) is 3.47. The molecule has 6 heteroatoms. The summed E-state index contributed by atoms with van der Waals surface area (Å²) in [7, 11) is 0. The van der Waals surface area contributed by atoms with Crippen molar-refractivity contribution < 1.29 is 22.7 Å². The van der Waals surface area contributed by atoms with E-state index in [1.54, 1.807) is 6.92 Å². The van der Waals surface area contributed by atoms with Crippen molar-refractivity contribution in [3.8, 4) is 5.75 Å². The molecule has 1 N–H and O–H groups in total. The van der Waals surface area contributed by atoms with Crippen molar-refractivity contribution in [1.82, 2.24) is 0 Å². The van der Waals surface area contributed by atoms with Crippen LogP contribution in [-0.2, 0) is 11.0 Å². The molecule has 0 fully saturated rings. The first-order valence-electron chi connectivity index (χ1n) is 7.39. The molecule has 0 saturated carbocycles. The lowest BCUT2D eigenvalue weighted by molar-refractivity contribution is -0.137. The average Bonchev–Trinajstić information content (AvgIpc) is 2.50. The SMILES string of the molecule is Cc1ccc(C)c(OC(C)C(=O)Nc2cccc(C(F)(F)F)c2)c1. The molecule has 1 amide bonds. The van der Waals surface area contributed by atoms with Gasteiger partial charge >= 0.3 is 6.18 Å². The minimum absolute atomic E-state index is 0.0752. The van der Waals surface area contributed by atoms with E-state index in [2.05, 4.69) is 5.32 Å². The highest BCUT2D eigenvalue weighted by Crippen LogP contribution is 2.30. The average molecular weight is 337 g/mol. The Bertz CT molecular complexity index is 741. The van der Waals surface area contributed by atoms with Crippen LogP contribution in [0, 0.1) is 13.8 Å². The summed E-state index contributed by atoms with van der Waals surface area (Å²) in [4.78, 5) is 12.2. The molecule has 0 aliphatic heterocycles. The van der Waals surface area contributed by atoms with Crippen LogP contribution >= 0.6 is 0 Å². The van der Waals surface area contributed by atoms with Crippen LogP contribution in [0.25, 0.3) is 0 Å². The van der Waals surface area contributed by atoms with Crippen molar-refractivity contribution in [3.63, 3.8) is 0 Å². The minimum Gasteiger partial charge on any atom is -0.481 e. The summed E-state index contributed by atoms with van der Waals surface area (Å²) in [5.41, 5.74) is 1.12. The van der Waals surface area contributed by atoms with Crippen LogP contribution in [-0.4, -0.2) is 12.0 Å². The minimum atomic E-state index is -4.46. The zero-order valence-corrected chi connectivity index (χ0v) is 13.6. The Morgan fingerprint density at radius 2 is 1.83 bits per heavy atom. The molecule has 2 aromatic carbocycles. The number of rotatable bonds is 4. The van der Waals surface area contributed by atoms with Gasteiger partial charge in [0.2, 0.25) is 0 Å². The number of amides is 1. The van der Waals surface area contributed by atoms with Crippen molar-refractivity contribution in [2.75, 3.05) is 5.32 Å². The molecule has 128 valence electrons. The quantitative estimate of drug-likeness (QED) is 0.876. The highest BCUT2D eigenvalue weighted by molar-refractivity contribution is 5.94. The molecule has 0 spiro atoms. The van der Waals surface area contributed by atoms with Gasteiger partial charge in [0.25, 0.3) is 5.91 Å². The van der Waals surface area contributed by atoms with E-state index in [0.29, 0.717) is 5.75 Å². The Kier molecular flexibility index (Phi) is 5.17. The first-order chi connectivity index (χ1) is 11.2. The molecule has 2 rings (SSSR count). The van der Waals surface area contributed by atoms with Gasteiger partial charge in [-0.2, -0.15) is 13.2 Å². The standard InChI is InChI=1S/C18H18F3NO2/c1-11-7-8-12(2)16(9-11)24-13(3)17(23)22-15-6-4-5-14(10-15)18(19,20)21/h4-10,13H,1-3H3,(H,22,23). The summed E-state index contributed by atoms with van der Waals surface area (Å²) in [6.07, 6.45) is -5.30. The van der Waals surface area contributed by atoms with Gasteiger partial charge < -0.3 is 10.1 Å². The highest BCUT2D eigenvalue weighted by Gasteiger charge is 2.30. The maximum Gasteiger partial charge on any atom is 0.416 e. The summed E-state index contributed by atoms with van der Waals surface area (Å²) in [5.74, 6) is 0.0527. The van der Waals surface area contributed by atoms with Gasteiger partial charge in [0, 0.05) is 5.69 Å². The third-order valence-corrected chi connectivity index (χ3v) is 3.47. The summed E-state index contributed by atoms with van der Waals surface area (Å²) in [5, 5.41) is 2.44. The van der Waals surface area contributed by atoms with Crippen LogP contribution < -0.4 is 10.1 Å². The number of benzene rings is 2. The fourth-order valence-corrected chi connectivity index (χ4v) is 2.10. The van der Waals surface area contributed by atoms with Gasteiger partial charge in [0.15, 0.2) is 6.10 Å². The van der Waals surface area contributed by atoms with Crippen LogP contribution in [0.15, 0.2) is 42.5 Å². The van der Waals surface area contributed by atoms with E-state index < -0.39 is 23.8 Å². The molecular weight excluding hydrogens is 319 g/mol. The zero-order valence-electron chi connectivity index (χ0n) is 13.6. The van der Waals surface area contributed by atoms with E-state index in [9.17, 15) is 18.0 Å². The third kappa shape index (κ3) is 4.50. The van der Waals surface area contributed by atoms with Crippen LogP contribution in [0.3, 0.4) is 0 Å². The smallest absolute Gasteiger partial charge is 0.416 e. The molecule has 0 bridgehead atoms. The molecule has 2 aromatic rings. The monoisotopic (exact) mass is 337 g/mol. The number of aryl methyl sites for hydroxylation is 2. The number of hydrogen-bond donors (Lipinski definition) is 1. The van der Waals surface area contributed by atoms with Crippen LogP contribution in [0.5, 0.6) is 5.75 Å². The predicted octanol–water partition coefficient (Wildman–Crippen LogP) is 4.73. The van der Waals surface area contributed by atoms with Gasteiger partial charge in [-0.3, -0.25) is 4.79 Å². The van der Waals surface area contributed by atoms with E-state index in [1.165, 1.54) is 12.1 Å². The Balaban J connectivity index is 2.08. The highest BCUT2D eigenvalue weighted by atomic mass is 19.4. The topological polar surface area (TPSA) is 38.3 Å². The van der Waals surface area contributed by atoms with Gasteiger partial charge in [0.05, 0.1) is 5.56 Å². The van der Waals surface area contributed by atoms with Crippen molar-refractivity contribution in [2.24, 2.45) is 0 Å². The Morgan fingerprint density at radius 3 is 2.50 bits per heavy atom. The van der Waals surface area contributed by atoms with Gasteiger partial charge in [-0.25, -0.2) is 0 Å². The van der Waals surface area contributed by atoms with Gasteiger partial charge in [-0.15, -0.1) is 0 Å². The molecule has 0 heterocycles. The second-order valence-corrected chi connectivity index (χ2v) is 5.60. The first kappa shape index (κ1) is 17.8. The normalized spacial score (nSPS) is 12.6. The summed E-state index contributed by atoms with van der Waals surface area (Å²) >= 11 is 0. The zero-order chi connectivity index (χ0) is 17.9. The molecule has 1 unspecified atom stereocenters. The molecular formula is C18H18F3NO2. The van der Waals surface area contributed by atoms with Gasteiger partial charge in [-0.1, -0.05) is 18.2 Å². The number of halogens is 3. The molecule has 0 radical (unpaired) electrons. The molecule has 1 atom stereocenters. The molecule has 0 aliphatic carbocycles. The lowest BCUT2D eigenvalue weighted by Crippen LogP contribution is -2.30. The number of carbonyl (C=O) groups excluding carboxylic acids is 1. The molecule has 0 saturated heterocycles. The van der Waals surface area contributed by atoms with E-state index in [0.717, 1.165) is 23.3 Å².